The van der Waals surface area contributed by atoms with E-state index in [1.807, 2.05) is 0 Å². The summed E-state index contributed by atoms with van der Waals surface area (Å²) in [6.07, 6.45) is 2.70. The van der Waals surface area contributed by atoms with Crippen molar-refractivity contribution in [3.63, 3.8) is 0 Å². The molecule has 0 aliphatic rings. The highest BCUT2D eigenvalue weighted by molar-refractivity contribution is 5.26. The highest BCUT2D eigenvalue weighted by Gasteiger charge is 2.14. The zero-order valence-corrected chi connectivity index (χ0v) is 9.51. The fourth-order valence-corrected chi connectivity index (χ4v) is 1.54. The van der Waals surface area contributed by atoms with Gasteiger partial charge in [-0.05, 0) is 18.2 Å². The Labute approximate surface area is 103 Å². The Morgan fingerprint density at radius 1 is 1.28 bits per heavy atom. The summed E-state index contributed by atoms with van der Waals surface area (Å²) in [6, 6.07) is 6.67. The van der Waals surface area contributed by atoms with E-state index >= 15 is 0 Å². The fourth-order valence-electron chi connectivity index (χ4n) is 1.54. The molecule has 2 rings (SSSR count). The highest BCUT2D eigenvalue weighted by atomic mass is 19.1. The van der Waals surface area contributed by atoms with Crippen molar-refractivity contribution in [1.29, 1.82) is 0 Å². The quantitative estimate of drug-likeness (QED) is 0.906. The van der Waals surface area contributed by atoms with E-state index in [4.69, 9.17) is 10.5 Å². The first kappa shape index (κ1) is 12.4. The molecule has 0 aliphatic carbocycles. The van der Waals surface area contributed by atoms with E-state index in [-0.39, 0.29) is 12.3 Å². The number of hydrogen-bond donors (Lipinski definition) is 1. The second-order valence-corrected chi connectivity index (χ2v) is 3.70. The normalized spacial score (nSPS) is 12.2. The Morgan fingerprint density at radius 2 is 2.11 bits per heavy atom. The molecule has 2 aromatic rings. The van der Waals surface area contributed by atoms with Crippen molar-refractivity contribution in [2.24, 2.45) is 5.73 Å². The van der Waals surface area contributed by atoms with Crippen molar-refractivity contribution in [3.05, 3.63) is 59.9 Å². The largest absolute Gasteiger partial charge is 0.481 e. The van der Waals surface area contributed by atoms with E-state index in [0.717, 1.165) is 17.7 Å². The van der Waals surface area contributed by atoms with E-state index in [9.17, 15) is 8.78 Å². The van der Waals surface area contributed by atoms with Crippen molar-refractivity contribution in [1.82, 2.24) is 4.98 Å². The average Bonchev–Trinajstić information content (AvgIpc) is 2.39. The van der Waals surface area contributed by atoms with Crippen LogP contribution in [-0.2, 0) is 0 Å². The third-order valence-electron chi connectivity index (χ3n) is 2.43. The van der Waals surface area contributed by atoms with Crippen molar-refractivity contribution >= 4 is 0 Å². The van der Waals surface area contributed by atoms with Gasteiger partial charge in [0.2, 0.25) is 0 Å². The molecule has 2 N–H and O–H groups in total. The van der Waals surface area contributed by atoms with Crippen LogP contribution in [-0.4, -0.2) is 11.5 Å². The van der Waals surface area contributed by atoms with Crippen LogP contribution in [0.25, 0.3) is 0 Å². The number of aromatic nitrogens is 1. The molecule has 18 heavy (non-hydrogen) atoms. The van der Waals surface area contributed by atoms with Gasteiger partial charge in [0, 0.05) is 30.6 Å². The molecule has 1 heterocycles. The number of rotatable bonds is 4. The molecule has 0 spiro atoms. The minimum Gasteiger partial charge on any atom is -0.481 e. The molecule has 0 saturated heterocycles. The number of halogens is 2. The van der Waals surface area contributed by atoms with Gasteiger partial charge in [-0.2, -0.15) is 0 Å². The maximum atomic E-state index is 13.4. The van der Waals surface area contributed by atoms with Crippen LogP contribution >= 0.6 is 0 Å². The number of benzene rings is 1. The van der Waals surface area contributed by atoms with E-state index in [0.29, 0.717) is 0 Å². The smallest absolute Gasteiger partial charge is 0.168 e. The van der Waals surface area contributed by atoms with Gasteiger partial charge in [0.15, 0.2) is 11.6 Å². The third-order valence-corrected chi connectivity index (χ3v) is 2.43. The zero-order valence-electron chi connectivity index (χ0n) is 9.51. The molecular weight excluding hydrogens is 238 g/mol. The molecule has 94 valence electrons. The lowest BCUT2D eigenvalue weighted by Gasteiger charge is -2.17. The molecule has 1 unspecified atom stereocenters. The van der Waals surface area contributed by atoms with Crippen LogP contribution in [0.4, 0.5) is 8.78 Å². The SMILES string of the molecule is NCC(Oc1ccc(F)cc1F)c1cccnc1. The molecular formula is C13H12F2N2O. The van der Waals surface area contributed by atoms with Crippen LogP contribution in [0.2, 0.25) is 0 Å². The second-order valence-electron chi connectivity index (χ2n) is 3.70. The topological polar surface area (TPSA) is 48.1 Å². The Balaban J connectivity index is 2.21. The van der Waals surface area contributed by atoms with Gasteiger partial charge in [-0.15, -0.1) is 0 Å². The highest BCUT2D eigenvalue weighted by Crippen LogP contribution is 2.24. The van der Waals surface area contributed by atoms with Gasteiger partial charge in [-0.25, -0.2) is 8.78 Å². The molecule has 0 radical (unpaired) electrons. The van der Waals surface area contributed by atoms with Gasteiger partial charge < -0.3 is 10.5 Å². The molecule has 5 heteroatoms. The predicted molar refractivity (Wildman–Crippen MR) is 63.0 cm³/mol. The van der Waals surface area contributed by atoms with Crippen LogP contribution < -0.4 is 10.5 Å². The molecule has 1 aromatic heterocycles. The van der Waals surface area contributed by atoms with Crippen molar-refractivity contribution in [2.75, 3.05) is 6.54 Å². The first-order chi connectivity index (χ1) is 8.70. The van der Waals surface area contributed by atoms with E-state index in [1.165, 1.54) is 6.07 Å². The lowest BCUT2D eigenvalue weighted by molar-refractivity contribution is 0.203. The van der Waals surface area contributed by atoms with Gasteiger partial charge >= 0.3 is 0 Å². The second kappa shape index (κ2) is 5.55. The number of nitrogens with two attached hydrogens (primary N) is 1. The lowest BCUT2D eigenvalue weighted by atomic mass is 10.1. The summed E-state index contributed by atoms with van der Waals surface area (Å²) < 4.78 is 31.6. The fraction of sp³-hybridized carbons (Fsp3) is 0.154. The van der Waals surface area contributed by atoms with Gasteiger partial charge in [-0.3, -0.25) is 4.98 Å². The minimum absolute atomic E-state index is 0.0318. The van der Waals surface area contributed by atoms with Gasteiger partial charge in [0.05, 0.1) is 0 Å². The Bertz CT molecular complexity index is 520. The molecule has 0 saturated carbocycles. The number of hydrogen-bond acceptors (Lipinski definition) is 3. The third kappa shape index (κ3) is 2.81. The molecule has 3 nitrogen and oxygen atoms in total. The van der Waals surface area contributed by atoms with Gasteiger partial charge in [-0.1, -0.05) is 6.07 Å². The first-order valence-corrected chi connectivity index (χ1v) is 5.42. The number of pyridine rings is 1. The van der Waals surface area contributed by atoms with Crippen molar-refractivity contribution in [3.8, 4) is 5.75 Å². The Morgan fingerprint density at radius 3 is 2.72 bits per heavy atom. The summed E-state index contributed by atoms with van der Waals surface area (Å²) in [5, 5.41) is 0. The van der Waals surface area contributed by atoms with Crippen LogP contribution in [0, 0.1) is 11.6 Å². The summed E-state index contributed by atoms with van der Waals surface area (Å²) >= 11 is 0. The zero-order chi connectivity index (χ0) is 13.0. The lowest BCUT2D eigenvalue weighted by Crippen LogP contribution is -2.19. The van der Waals surface area contributed by atoms with Crippen LogP contribution in [0.5, 0.6) is 5.75 Å². The summed E-state index contributed by atoms with van der Waals surface area (Å²) in [6.45, 7) is 0.169. The van der Waals surface area contributed by atoms with Crippen molar-refractivity contribution < 1.29 is 13.5 Å². The van der Waals surface area contributed by atoms with Crippen LogP contribution in [0.15, 0.2) is 42.7 Å². The van der Waals surface area contributed by atoms with E-state index < -0.39 is 17.7 Å². The molecule has 0 aliphatic heterocycles. The van der Waals surface area contributed by atoms with Gasteiger partial charge in [0.25, 0.3) is 0 Å². The maximum Gasteiger partial charge on any atom is 0.168 e. The molecule has 0 amide bonds. The number of ether oxygens (including phenoxy) is 1. The Kier molecular flexibility index (Phi) is 3.84. The monoisotopic (exact) mass is 250 g/mol. The summed E-state index contributed by atoms with van der Waals surface area (Å²) in [5.41, 5.74) is 6.32. The van der Waals surface area contributed by atoms with Crippen LogP contribution in [0.1, 0.15) is 11.7 Å². The summed E-state index contributed by atoms with van der Waals surface area (Å²) in [5.74, 6) is -1.43. The standard InChI is InChI=1S/C13H12F2N2O/c14-10-3-4-12(11(15)6-10)18-13(7-16)9-2-1-5-17-8-9/h1-6,8,13H,7,16H2. The molecule has 1 atom stereocenters. The Hall–Kier alpha value is -2.01. The predicted octanol–water partition coefficient (Wildman–Crippen LogP) is 2.44. The van der Waals surface area contributed by atoms with Crippen molar-refractivity contribution in [2.45, 2.75) is 6.10 Å². The van der Waals surface area contributed by atoms with Crippen LogP contribution in [0.3, 0.4) is 0 Å². The molecule has 0 bridgehead atoms. The maximum absolute atomic E-state index is 13.4. The first-order valence-electron chi connectivity index (χ1n) is 5.42. The molecule has 0 fully saturated rings. The average molecular weight is 250 g/mol. The summed E-state index contributed by atoms with van der Waals surface area (Å²) in [7, 11) is 0. The van der Waals surface area contributed by atoms with Gasteiger partial charge in [0.1, 0.15) is 11.9 Å². The minimum atomic E-state index is -0.752. The number of nitrogens with zero attached hydrogens (tertiary/aromatic N) is 1. The van der Waals surface area contributed by atoms with E-state index in [1.54, 1.807) is 24.5 Å². The summed E-state index contributed by atoms with van der Waals surface area (Å²) in [4.78, 5) is 3.94. The van der Waals surface area contributed by atoms with E-state index in [2.05, 4.69) is 4.98 Å². The molecule has 1 aromatic carbocycles.